The molecule has 0 heterocycles. The van der Waals surface area contributed by atoms with E-state index >= 15 is 0 Å². The molecular weight excluding hydrogens is 455 g/mol. The molecule has 0 unspecified atom stereocenters. The second-order valence-corrected chi connectivity index (χ2v) is 9.29. The van der Waals surface area contributed by atoms with Gasteiger partial charge in [-0.2, -0.15) is 13.2 Å². The van der Waals surface area contributed by atoms with Gasteiger partial charge in [0.15, 0.2) is 9.84 Å². The fourth-order valence-corrected chi connectivity index (χ4v) is 4.82. The van der Waals surface area contributed by atoms with Crippen LogP contribution in [0.25, 0.3) is 0 Å². The summed E-state index contributed by atoms with van der Waals surface area (Å²) in [5, 5.41) is -0.845. The number of hydrogen-bond acceptors (Lipinski definition) is 2. The summed E-state index contributed by atoms with van der Waals surface area (Å²) < 4.78 is 63.1. The molecule has 0 aliphatic heterocycles. The number of rotatable bonds is 5. The van der Waals surface area contributed by atoms with E-state index in [0.29, 0.717) is 0 Å². The SMILES string of the molecule is O=S(=O)(CCC(F)(F)F)C(c1ccc(Cl)c(Cl)c1)c1ccc(Cl)c(Cl)c1. The van der Waals surface area contributed by atoms with Gasteiger partial charge in [0.1, 0.15) is 5.25 Å². The minimum absolute atomic E-state index is 0.0836. The molecule has 10 heteroatoms. The van der Waals surface area contributed by atoms with Crippen LogP contribution in [0, 0.1) is 0 Å². The molecule has 0 bridgehead atoms. The second kappa shape index (κ2) is 8.15. The first kappa shape index (κ1) is 21.6. The summed E-state index contributed by atoms with van der Waals surface area (Å²) in [6, 6.07) is 8.16. The van der Waals surface area contributed by atoms with Gasteiger partial charge in [-0.15, -0.1) is 0 Å². The number of halogens is 7. The van der Waals surface area contributed by atoms with Gasteiger partial charge in [-0.25, -0.2) is 8.42 Å². The Labute approximate surface area is 168 Å². The van der Waals surface area contributed by atoms with Gasteiger partial charge < -0.3 is 0 Å². The van der Waals surface area contributed by atoms with Crippen molar-refractivity contribution in [2.24, 2.45) is 0 Å². The molecule has 26 heavy (non-hydrogen) atoms. The smallest absolute Gasteiger partial charge is 0.228 e. The lowest BCUT2D eigenvalue weighted by Crippen LogP contribution is -2.22. The maximum absolute atomic E-state index is 12.7. The predicted octanol–water partition coefficient (Wildman–Crippen LogP) is 6.76. The molecule has 142 valence electrons. The zero-order chi connectivity index (χ0) is 19.7. The van der Waals surface area contributed by atoms with Gasteiger partial charge in [0.25, 0.3) is 0 Å². The van der Waals surface area contributed by atoms with Gasteiger partial charge >= 0.3 is 6.18 Å². The largest absolute Gasteiger partial charge is 0.390 e. The van der Waals surface area contributed by atoms with E-state index in [4.69, 9.17) is 46.4 Å². The van der Waals surface area contributed by atoms with Gasteiger partial charge in [-0.1, -0.05) is 58.5 Å². The zero-order valence-electron chi connectivity index (χ0n) is 12.8. The van der Waals surface area contributed by atoms with Crippen LogP contribution >= 0.6 is 46.4 Å². The van der Waals surface area contributed by atoms with Crippen molar-refractivity contribution in [1.82, 2.24) is 0 Å². The first-order chi connectivity index (χ1) is 11.9. The van der Waals surface area contributed by atoms with Crippen molar-refractivity contribution in [2.75, 3.05) is 5.75 Å². The Morgan fingerprint density at radius 3 is 1.58 bits per heavy atom. The lowest BCUT2D eigenvalue weighted by molar-refractivity contribution is -0.129. The molecule has 2 nitrogen and oxygen atoms in total. The van der Waals surface area contributed by atoms with Crippen molar-refractivity contribution in [2.45, 2.75) is 17.8 Å². The Bertz CT molecular complexity index is 863. The maximum Gasteiger partial charge on any atom is 0.390 e. The molecule has 0 aliphatic rings. The molecule has 2 aromatic carbocycles. The van der Waals surface area contributed by atoms with Gasteiger partial charge in [-0.3, -0.25) is 0 Å². The Hall–Kier alpha value is -0.660. The van der Waals surface area contributed by atoms with E-state index in [-0.39, 0.29) is 31.2 Å². The highest BCUT2D eigenvalue weighted by Gasteiger charge is 2.35. The molecule has 2 aromatic rings. The van der Waals surface area contributed by atoms with E-state index in [1.807, 2.05) is 0 Å². The molecule has 0 aromatic heterocycles. The van der Waals surface area contributed by atoms with Crippen LogP contribution in [-0.2, 0) is 9.84 Å². The summed E-state index contributed by atoms with van der Waals surface area (Å²) >= 11 is 23.6. The van der Waals surface area contributed by atoms with Crippen LogP contribution in [0.4, 0.5) is 13.2 Å². The fraction of sp³-hybridized carbons (Fsp3) is 0.250. The molecule has 0 fully saturated rings. The van der Waals surface area contributed by atoms with E-state index < -0.39 is 33.4 Å². The minimum Gasteiger partial charge on any atom is -0.228 e. The van der Waals surface area contributed by atoms with Gasteiger partial charge in [0.2, 0.25) is 0 Å². The van der Waals surface area contributed by atoms with Crippen molar-refractivity contribution in [3.63, 3.8) is 0 Å². The van der Waals surface area contributed by atoms with Crippen LogP contribution in [-0.4, -0.2) is 20.3 Å². The molecular formula is C16H11Cl4F3O2S. The highest BCUT2D eigenvalue weighted by molar-refractivity contribution is 7.91. The van der Waals surface area contributed by atoms with Crippen molar-refractivity contribution in [1.29, 1.82) is 0 Å². The Balaban J connectivity index is 2.57. The van der Waals surface area contributed by atoms with Crippen LogP contribution in [0.2, 0.25) is 20.1 Å². The number of alkyl halides is 3. The van der Waals surface area contributed by atoms with Crippen LogP contribution in [0.3, 0.4) is 0 Å². The average molecular weight is 466 g/mol. The molecule has 0 N–H and O–H groups in total. The molecule has 0 spiro atoms. The molecule has 0 radical (unpaired) electrons. The fourth-order valence-electron chi connectivity index (χ4n) is 2.33. The predicted molar refractivity (Wildman–Crippen MR) is 99.2 cm³/mol. The van der Waals surface area contributed by atoms with Crippen LogP contribution in [0.5, 0.6) is 0 Å². The van der Waals surface area contributed by atoms with E-state index in [1.165, 1.54) is 36.4 Å². The third-order valence-electron chi connectivity index (χ3n) is 3.52. The van der Waals surface area contributed by atoms with Crippen LogP contribution < -0.4 is 0 Å². The lowest BCUT2D eigenvalue weighted by atomic mass is 10.0. The van der Waals surface area contributed by atoms with Crippen molar-refractivity contribution in [3.8, 4) is 0 Å². The first-order valence-electron chi connectivity index (χ1n) is 7.09. The molecule has 0 atom stereocenters. The normalized spacial score (nSPS) is 12.6. The summed E-state index contributed by atoms with van der Waals surface area (Å²) in [5.41, 5.74) is 0.361. The minimum atomic E-state index is -4.60. The highest BCUT2D eigenvalue weighted by atomic mass is 35.5. The third kappa shape index (κ3) is 5.42. The zero-order valence-corrected chi connectivity index (χ0v) is 16.7. The standard InChI is InChI=1S/C16H11Cl4F3O2S/c17-11-3-1-9(7-13(11)19)15(10-2-4-12(18)14(20)8-10)26(24,25)6-5-16(21,22)23/h1-4,7-8,15H,5-6H2. The Morgan fingerprint density at radius 1 is 0.808 bits per heavy atom. The number of sulfone groups is 1. The topological polar surface area (TPSA) is 34.1 Å². The summed E-state index contributed by atoms with van der Waals surface area (Å²) in [4.78, 5) is 0. The van der Waals surface area contributed by atoms with Crippen molar-refractivity contribution in [3.05, 3.63) is 67.6 Å². The maximum atomic E-state index is 12.7. The van der Waals surface area contributed by atoms with E-state index in [0.717, 1.165) is 0 Å². The van der Waals surface area contributed by atoms with Gasteiger partial charge in [0.05, 0.1) is 32.3 Å². The van der Waals surface area contributed by atoms with Crippen LogP contribution in [0.1, 0.15) is 22.8 Å². The summed E-state index contributed by atoms with van der Waals surface area (Å²) in [6.45, 7) is 0. The first-order valence-corrected chi connectivity index (χ1v) is 10.3. The van der Waals surface area contributed by atoms with Crippen molar-refractivity contribution >= 4 is 56.2 Å². The summed E-state index contributed by atoms with van der Waals surface area (Å²) in [5.74, 6) is -1.08. The average Bonchev–Trinajstić information content (AvgIpc) is 2.52. The quantitative estimate of drug-likeness (QED) is 0.488. The molecule has 2 rings (SSSR count). The van der Waals surface area contributed by atoms with E-state index in [1.54, 1.807) is 0 Å². The number of hydrogen-bond donors (Lipinski definition) is 0. The Kier molecular flexibility index (Phi) is 6.78. The van der Waals surface area contributed by atoms with E-state index in [9.17, 15) is 21.6 Å². The second-order valence-electron chi connectivity index (χ2n) is 5.46. The van der Waals surface area contributed by atoms with Gasteiger partial charge in [-0.05, 0) is 35.4 Å². The summed E-state index contributed by atoms with van der Waals surface area (Å²) in [7, 11) is -4.24. The monoisotopic (exact) mass is 464 g/mol. The van der Waals surface area contributed by atoms with Crippen LogP contribution in [0.15, 0.2) is 36.4 Å². The molecule has 0 saturated heterocycles. The van der Waals surface area contributed by atoms with E-state index in [2.05, 4.69) is 0 Å². The molecule has 0 aliphatic carbocycles. The molecule has 0 saturated carbocycles. The lowest BCUT2D eigenvalue weighted by Gasteiger charge is -2.20. The molecule has 0 amide bonds. The highest BCUT2D eigenvalue weighted by Crippen LogP contribution is 2.37. The number of benzene rings is 2. The van der Waals surface area contributed by atoms with Gasteiger partial charge in [0, 0.05) is 0 Å². The van der Waals surface area contributed by atoms with Crippen molar-refractivity contribution < 1.29 is 21.6 Å². The Morgan fingerprint density at radius 2 is 1.23 bits per heavy atom. The summed E-state index contributed by atoms with van der Waals surface area (Å²) in [6.07, 6.45) is -6.07. The third-order valence-corrected chi connectivity index (χ3v) is 7.04.